The number of aromatic nitrogens is 1. The van der Waals surface area contributed by atoms with Crippen LogP contribution in [0.15, 0.2) is 24.5 Å². The molecule has 0 aromatic carbocycles. The molecule has 3 fully saturated rings. The average molecular weight is 373 g/mol. The third-order valence-corrected chi connectivity index (χ3v) is 6.33. The topological polar surface area (TPSA) is 48.9 Å². The standard InChI is InChI=1S/C21H32N4O2/c26-21(24-11-13-27-14-12-24)19-4-2-8-25(17-19)20-5-9-23(10-6-20)16-18-3-1-7-22-15-18/h1,3,7,15,19-20H,2,4-6,8-14,16-17H2/t19-/m0/s1. The zero-order valence-corrected chi connectivity index (χ0v) is 16.3. The molecule has 1 amide bonds. The Kier molecular flexibility index (Phi) is 6.37. The van der Waals surface area contributed by atoms with Crippen molar-refractivity contribution in [2.24, 2.45) is 5.92 Å². The SMILES string of the molecule is O=C([C@H]1CCCN(C2CCN(Cc3cccnc3)CC2)C1)N1CCOCC1. The Labute approximate surface area is 162 Å². The molecule has 6 nitrogen and oxygen atoms in total. The van der Waals surface area contributed by atoms with Crippen LogP contribution in [0, 0.1) is 5.92 Å². The highest BCUT2D eigenvalue weighted by atomic mass is 16.5. The lowest BCUT2D eigenvalue weighted by Gasteiger charge is -2.43. The molecule has 1 aromatic rings. The van der Waals surface area contributed by atoms with Crippen LogP contribution in [-0.4, -0.2) is 84.1 Å². The lowest BCUT2D eigenvalue weighted by Crippen LogP contribution is -2.52. The molecule has 6 heteroatoms. The molecule has 1 aromatic heterocycles. The summed E-state index contributed by atoms with van der Waals surface area (Å²) in [5.41, 5.74) is 1.30. The number of hydrogen-bond donors (Lipinski definition) is 0. The Morgan fingerprint density at radius 2 is 1.93 bits per heavy atom. The van der Waals surface area contributed by atoms with Gasteiger partial charge in [0.05, 0.1) is 19.1 Å². The van der Waals surface area contributed by atoms with E-state index in [-0.39, 0.29) is 5.92 Å². The maximum atomic E-state index is 12.9. The summed E-state index contributed by atoms with van der Waals surface area (Å²) in [4.78, 5) is 24.3. The summed E-state index contributed by atoms with van der Waals surface area (Å²) in [7, 11) is 0. The number of morpholine rings is 1. The van der Waals surface area contributed by atoms with E-state index in [0.717, 1.165) is 58.7 Å². The van der Waals surface area contributed by atoms with E-state index < -0.39 is 0 Å². The van der Waals surface area contributed by atoms with Crippen molar-refractivity contribution in [3.8, 4) is 0 Å². The van der Waals surface area contributed by atoms with Gasteiger partial charge < -0.3 is 9.64 Å². The minimum atomic E-state index is 0.185. The van der Waals surface area contributed by atoms with Crippen molar-refractivity contribution < 1.29 is 9.53 Å². The molecule has 4 heterocycles. The second-order valence-electron chi connectivity index (χ2n) is 8.14. The first-order valence-corrected chi connectivity index (χ1v) is 10.5. The van der Waals surface area contributed by atoms with Crippen molar-refractivity contribution >= 4 is 5.91 Å². The smallest absolute Gasteiger partial charge is 0.227 e. The molecule has 27 heavy (non-hydrogen) atoms. The van der Waals surface area contributed by atoms with Gasteiger partial charge in [0.1, 0.15) is 0 Å². The Morgan fingerprint density at radius 1 is 1.11 bits per heavy atom. The van der Waals surface area contributed by atoms with Gasteiger partial charge in [0.15, 0.2) is 0 Å². The van der Waals surface area contributed by atoms with E-state index in [1.807, 2.05) is 23.4 Å². The molecule has 0 saturated carbocycles. The van der Waals surface area contributed by atoms with Gasteiger partial charge in [-0.2, -0.15) is 0 Å². The van der Waals surface area contributed by atoms with Crippen LogP contribution in [0.2, 0.25) is 0 Å². The first-order chi connectivity index (χ1) is 13.3. The molecule has 0 radical (unpaired) electrons. The number of amides is 1. The summed E-state index contributed by atoms with van der Waals surface area (Å²) in [6.45, 7) is 8.29. The van der Waals surface area contributed by atoms with Gasteiger partial charge in [0.2, 0.25) is 5.91 Å². The van der Waals surface area contributed by atoms with Crippen LogP contribution in [0.25, 0.3) is 0 Å². The number of pyridine rings is 1. The number of hydrogen-bond acceptors (Lipinski definition) is 5. The fraction of sp³-hybridized carbons (Fsp3) is 0.714. The predicted octanol–water partition coefficient (Wildman–Crippen LogP) is 1.62. The monoisotopic (exact) mass is 372 g/mol. The third-order valence-electron chi connectivity index (χ3n) is 6.33. The van der Waals surface area contributed by atoms with Crippen LogP contribution in [-0.2, 0) is 16.1 Å². The Hall–Kier alpha value is -1.50. The lowest BCUT2D eigenvalue weighted by molar-refractivity contribution is -0.142. The molecule has 4 rings (SSSR count). The van der Waals surface area contributed by atoms with Crippen LogP contribution in [0.3, 0.4) is 0 Å². The molecule has 3 aliphatic heterocycles. The van der Waals surface area contributed by atoms with Crippen molar-refractivity contribution in [3.63, 3.8) is 0 Å². The second-order valence-corrected chi connectivity index (χ2v) is 8.14. The molecule has 0 N–H and O–H groups in total. The molecule has 1 atom stereocenters. The van der Waals surface area contributed by atoms with Crippen molar-refractivity contribution in [2.45, 2.75) is 38.3 Å². The van der Waals surface area contributed by atoms with E-state index in [4.69, 9.17) is 4.74 Å². The minimum absolute atomic E-state index is 0.185. The molecular weight excluding hydrogens is 340 g/mol. The number of carbonyl (C=O) groups excluding carboxylic acids is 1. The van der Waals surface area contributed by atoms with Crippen molar-refractivity contribution in [1.82, 2.24) is 19.7 Å². The number of rotatable bonds is 4. The first-order valence-electron chi connectivity index (χ1n) is 10.5. The number of ether oxygens (including phenoxy) is 1. The largest absolute Gasteiger partial charge is 0.378 e. The van der Waals surface area contributed by atoms with Crippen LogP contribution in [0.4, 0.5) is 0 Å². The maximum absolute atomic E-state index is 12.9. The van der Waals surface area contributed by atoms with Gasteiger partial charge in [-0.05, 0) is 56.9 Å². The molecule has 0 unspecified atom stereocenters. The van der Waals surface area contributed by atoms with Crippen LogP contribution in [0.1, 0.15) is 31.2 Å². The molecule has 3 aliphatic rings. The fourth-order valence-corrected chi connectivity index (χ4v) is 4.77. The number of carbonyl (C=O) groups is 1. The maximum Gasteiger partial charge on any atom is 0.227 e. The van der Waals surface area contributed by atoms with E-state index in [9.17, 15) is 4.79 Å². The van der Waals surface area contributed by atoms with E-state index >= 15 is 0 Å². The summed E-state index contributed by atoms with van der Waals surface area (Å²) >= 11 is 0. The Balaban J connectivity index is 1.26. The van der Waals surface area contributed by atoms with Gasteiger partial charge in [0, 0.05) is 44.6 Å². The van der Waals surface area contributed by atoms with Gasteiger partial charge in [-0.3, -0.25) is 19.6 Å². The molecule has 0 spiro atoms. The second kappa shape index (κ2) is 9.13. The predicted molar refractivity (Wildman–Crippen MR) is 104 cm³/mol. The summed E-state index contributed by atoms with van der Waals surface area (Å²) in [5.74, 6) is 0.544. The number of nitrogens with zero attached hydrogens (tertiary/aromatic N) is 4. The number of likely N-dealkylation sites (tertiary alicyclic amines) is 2. The molecule has 3 saturated heterocycles. The van der Waals surface area contributed by atoms with E-state index in [2.05, 4.69) is 20.9 Å². The van der Waals surface area contributed by atoms with Crippen molar-refractivity contribution in [1.29, 1.82) is 0 Å². The average Bonchev–Trinajstić information content (AvgIpc) is 2.75. The van der Waals surface area contributed by atoms with Gasteiger partial charge >= 0.3 is 0 Å². The van der Waals surface area contributed by atoms with Crippen LogP contribution < -0.4 is 0 Å². The normalized spacial score (nSPS) is 26.2. The van der Waals surface area contributed by atoms with Gasteiger partial charge in [-0.25, -0.2) is 0 Å². The molecule has 0 aliphatic carbocycles. The molecule has 148 valence electrons. The van der Waals surface area contributed by atoms with E-state index in [1.165, 1.54) is 18.4 Å². The zero-order valence-electron chi connectivity index (χ0n) is 16.3. The third kappa shape index (κ3) is 4.86. The first kappa shape index (κ1) is 18.8. The highest BCUT2D eigenvalue weighted by molar-refractivity contribution is 5.79. The van der Waals surface area contributed by atoms with E-state index in [0.29, 0.717) is 25.2 Å². The molecular formula is C21H32N4O2. The van der Waals surface area contributed by atoms with Crippen molar-refractivity contribution in [2.75, 3.05) is 52.5 Å². The summed E-state index contributed by atoms with van der Waals surface area (Å²) in [6.07, 6.45) is 8.42. The minimum Gasteiger partial charge on any atom is -0.378 e. The summed E-state index contributed by atoms with van der Waals surface area (Å²) in [5, 5.41) is 0. The Morgan fingerprint density at radius 3 is 2.67 bits per heavy atom. The number of piperidine rings is 2. The van der Waals surface area contributed by atoms with Crippen LogP contribution >= 0.6 is 0 Å². The summed E-state index contributed by atoms with van der Waals surface area (Å²) < 4.78 is 5.39. The fourth-order valence-electron chi connectivity index (χ4n) is 4.77. The van der Waals surface area contributed by atoms with Gasteiger partial charge in [0.25, 0.3) is 0 Å². The Bertz CT molecular complexity index is 597. The van der Waals surface area contributed by atoms with E-state index in [1.54, 1.807) is 0 Å². The highest BCUT2D eigenvalue weighted by Gasteiger charge is 2.33. The quantitative estimate of drug-likeness (QED) is 0.804. The lowest BCUT2D eigenvalue weighted by atomic mass is 9.92. The van der Waals surface area contributed by atoms with Crippen molar-refractivity contribution in [3.05, 3.63) is 30.1 Å². The zero-order chi connectivity index (χ0) is 18.5. The highest BCUT2D eigenvalue weighted by Crippen LogP contribution is 2.26. The van der Waals surface area contributed by atoms with Gasteiger partial charge in [-0.1, -0.05) is 6.07 Å². The summed E-state index contributed by atoms with van der Waals surface area (Å²) in [6, 6.07) is 4.81. The van der Waals surface area contributed by atoms with Gasteiger partial charge in [-0.15, -0.1) is 0 Å². The van der Waals surface area contributed by atoms with Crippen LogP contribution in [0.5, 0.6) is 0 Å². The molecule has 0 bridgehead atoms.